The summed E-state index contributed by atoms with van der Waals surface area (Å²) in [5.41, 5.74) is 0.910. The van der Waals surface area contributed by atoms with Gasteiger partial charge in [0.25, 0.3) is 5.91 Å². The minimum Gasteiger partial charge on any atom is -0.503 e. The molecular formula is C27H28ClNO7. The zero-order chi connectivity index (χ0) is 26.0. The Hall–Kier alpha value is -3.49. The number of halogens is 1. The molecule has 1 N–H and O–H groups in total. The number of benzene rings is 2. The summed E-state index contributed by atoms with van der Waals surface area (Å²) in [6.45, 7) is 6.59. The maximum Gasteiger partial charge on any atom is 0.290 e. The molecule has 0 saturated heterocycles. The Balaban J connectivity index is 1.76. The second kappa shape index (κ2) is 10.6. The van der Waals surface area contributed by atoms with Gasteiger partial charge in [-0.3, -0.25) is 9.59 Å². The Morgan fingerprint density at radius 3 is 2.56 bits per heavy atom. The van der Waals surface area contributed by atoms with Crippen molar-refractivity contribution in [3.63, 3.8) is 0 Å². The van der Waals surface area contributed by atoms with Crippen molar-refractivity contribution in [2.75, 3.05) is 26.9 Å². The van der Waals surface area contributed by atoms with Crippen LogP contribution in [-0.2, 0) is 9.53 Å². The summed E-state index contributed by atoms with van der Waals surface area (Å²) in [6.07, 6.45) is -0.0355. The molecule has 0 saturated carbocycles. The number of rotatable bonds is 10. The van der Waals surface area contributed by atoms with Gasteiger partial charge < -0.3 is 28.6 Å². The molecule has 8 nitrogen and oxygen atoms in total. The molecule has 36 heavy (non-hydrogen) atoms. The maximum absolute atomic E-state index is 13.7. The minimum absolute atomic E-state index is 0.0355. The van der Waals surface area contributed by atoms with E-state index in [4.69, 9.17) is 30.2 Å². The average Bonchev–Trinajstić information content (AvgIpc) is 3.38. The van der Waals surface area contributed by atoms with Crippen molar-refractivity contribution in [1.29, 1.82) is 0 Å². The number of fused-ring (bicyclic) bond motifs is 1. The number of hydrogen-bond acceptors (Lipinski definition) is 7. The smallest absolute Gasteiger partial charge is 0.290 e. The monoisotopic (exact) mass is 513 g/mol. The standard InChI is InChI=1S/C27H28ClNO7/c1-5-34-19-8-6-16(7-9-19)23-22(25(31)27(32)29(23)10-11-35-15(2)3)24(30)20-13-17-12-18(28)14-21(33-4)26(17)36-20/h6-9,12-15,23,31H,5,10-11H2,1-4H3. The van der Waals surface area contributed by atoms with Crippen molar-refractivity contribution in [3.8, 4) is 11.5 Å². The van der Waals surface area contributed by atoms with Gasteiger partial charge in [-0.15, -0.1) is 0 Å². The molecule has 2 aromatic carbocycles. The molecule has 1 aromatic heterocycles. The van der Waals surface area contributed by atoms with Gasteiger partial charge in [0, 0.05) is 23.0 Å². The van der Waals surface area contributed by atoms with Crippen LogP contribution in [0, 0.1) is 0 Å². The number of furan rings is 1. The Morgan fingerprint density at radius 1 is 1.19 bits per heavy atom. The SMILES string of the molecule is CCOc1ccc(C2C(C(=O)c3cc4cc(Cl)cc(OC)c4o3)=C(O)C(=O)N2CCOC(C)C)cc1. The topological polar surface area (TPSA) is 98.4 Å². The number of amides is 1. The van der Waals surface area contributed by atoms with E-state index in [0.717, 1.165) is 0 Å². The number of ketones is 1. The van der Waals surface area contributed by atoms with Gasteiger partial charge in [0.1, 0.15) is 5.75 Å². The molecule has 1 amide bonds. The summed E-state index contributed by atoms with van der Waals surface area (Å²) < 4.78 is 22.3. The van der Waals surface area contributed by atoms with Crippen LogP contribution in [0.15, 0.2) is 58.2 Å². The van der Waals surface area contributed by atoms with Crippen LogP contribution < -0.4 is 9.47 Å². The zero-order valence-corrected chi connectivity index (χ0v) is 21.3. The van der Waals surface area contributed by atoms with E-state index in [2.05, 4.69) is 0 Å². The Morgan fingerprint density at radius 2 is 1.92 bits per heavy atom. The number of methoxy groups -OCH3 is 1. The fourth-order valence-electron chi connectivity index (χ4n) is 4.24. The van der Waals surface area contributed by atoms with Crippen LogP contribution in [0.5, 0.6) is 11.5 Å². The lowest BCUT2D eigenvalue weighted by atomic mass is 9.95. The molecular weight excluding hydrogens is 486 g/mol. The molecule has 0 aliphatic carbocycles. The second-order valence-corrected chi connectivity index (χ2v) is 8.99. The van der Waals surface area contributed by atoms with Crippen molar-refractivity contribution >= 4 is 34.3 Å². The fourth-order valence-corrected chi connectivity index (χ4v) is 4.46. The molecule has 0 bridgehead atoms. The molecule has 0 fully saturated rings. The number of hydrogen-bond donors (Lipinski definition) is 1. The van der Waals surface area contributed by atoms with E-state index in [1.165, 1.54) is 18.1 Å². The number of carbonyl (C=O) groups excluding carboxylic acids is 2. The highest BCUT2D eigenvalue weighted by atomic mass is 35.5. The number of aliphatic hydroxyl groups is 1. The van der Waals surface area contributed by atoms with Gasteiger partial charge in [-0.25, -0.2) is 0 Å². The van der Waals surface area contributed by atoms with Crippen LogP contribution in [0.2, 0.25) is 5.02 Å². The molecule has 1 aliphatic rings. The maximum atomic E-state index is 13.7. The van der Waals surface area contributed by atoms with E-state index in [9.17, 15) is 14.7 Å². The third-order valence-corrected chi connectivity index (χ3v) is 6.05. The third-order valence-electron chi connectivity index (χ3n) is 5.83. The van der Waals surface area contributed by atoms with Crippen LogP contribution in [0.4, 0.5) is 0 Å². The van der Waals surface area contributed by atoms with Crippen molar-refractivity contribution in [1.82, 2.24) is 4.90 Å². The zero-order valence-electron chi connectivity index (χ0n) is 20.5. The van der Waals surface area contributed by atoms with Crippen molar-refractivity contribution < 1.29 is 33.3 Å². The largest absolute Gasteiger partial charge is 0.503 e. The van der Waals surface area contributed by atoms with Crippen LogP contribution in [0.25, 0.3) is 11.0 Å². The van der Waals surface area contributed by atoms with E-state index >= 15 is 0 Å². The van der Waals surface area contributed by atoms with Gasteiger partial charge in [-0.05, 0) is 50.6 Å². The summed E-state index contributed by atoms with van der Waals surface area (Å²) in [5, 5.41) is 11.9. The molecule has 4 rings (SSSR count). The van der Waals surface area contributed by atoms with E-state index in [1.54, 1.807) is 36.4 Å². The molecule has 0 spiro atoms. The first kappa shape index (κ1) is 25.6. The van der Waals surface area contributed by atoms with Gasteiger partial charge in [0.2, 0.25) is 5.78 Å². The summed E-state index contributed by atoms with van der Waals surface area (Å²) in [4.78, 5) is 28.3. The number of carbonyl (C=O) groups is 2. The van der Waals surface area contributed by atoms with Crippen molar-refractivity contribution in [2.24, 2.45) is 0 Å². The molecule has 0 radical (unpaired) electrons. The highest BCUT2D eigenvalue weighted by Gasteiger charge is 2.44. The lowest BCUT2D eigenvalue weighted by molar-refractivity contribution is -0.130. The lowest BCUT2D eigenvalue weighted by Gasteiger charge is -2.27. The average molecular weight is 514 g/mol. The van der Waals surface area contributed by atoms with Gasteiger partial charge >= 0.3 is 0 Å². The van der Waals surface area contributed by atoms with Gasteiger partial charge in [-0.1, -0.05) is 23.7 Å². The van der Waals surface area contributed by atoms with Crippen molar-refractivity contribution in [2.45, 2.75) is 32.9 Å². The molecule has 190 valence electrons. The number of Topliss-reactive ketones (excluding diaryl/α,β-unsaturated/α-hetero) is 1. The van der Waals surface area contributed by atoms with Crippen LogP contribution >= 0.6 is 11.6 Å². The van der Waals surface area contributed by atoms with Gasteiger partial charge in [-0.2, -0.15) is 0 Å². The van der Waals surface area contributed by atoms with Crippen molar-refractivity contribution in [3.05, 3.63) is 70.1 Å². The van der Waals surface area contributed by atoms with Gasteiger partial charge in [0.05, 0.1) is 38.0 Å². The molecule has 1 unspecified atom stereocenters. The Bertz CT molecular complexity index is 1310. The fraction of sp³-hybridized carbons (Fsp3) is 0.333. The van der Waals surface area contributed by atoms with Gasteiger partial charge in [0.15, 0.2) is 22.9 Å². The van der Waals surface area contributed by atoms with Crippen LogP contribution in [0.1, 0.15) is 42.9 Å². The minimum atomic E-state index is -0.838. The normalized spacial score (nSPS) is 15.9. The highest BCUT2D eigenvalue weighted by Crippen LogP contribution is 2.41. The molecule has 3 aromatic rings. The lowest BCUT2D eigenvalue weighted by Crippen LogP contribution is -2.34. The van der Waals surface area contributed by atoms with E-state index in [0.29, 0.717) is 39.7 Å². The predicted octanol–water partition coefficient (Wildman–Crippen LogP) is 5.50. The Labute approximate surface area is 214 Å². The molecule has 2 heterocycles. The molecule has 1 aliphatic heterocycles. The number of nitrogens with zero attached hydrogens (tertiary/aromatic N) is 1. The second-order valence-electron chi connectivity index (χ2n) is 8.55. The first-order valence-corrected chi connectivity index (χ1v) is 12.0. The van der Waals surface area contributed by atoms with E-state index in [-0.39, 0.29) is 30.6 Å². The molecule has 9 heteroatoms. The summed E-state index contributed by atoms with van der Waals surface area (Å²) >= 11 is 6.16. The highest BCUT2D eigenvalue weighted by molar-refractivity contribution is 6.31. The first-order chi connectivity index (χ1) is 17.2. The first-order valence-electron chi connectivity index (χ1n) is 11.6. The van der Waals surface area contributed by atoms with E-state index < -0.39 is 23.5 Å². The third kappa shape index (κ3) is 4.92. The molecule has 1 atom stereocenters. The summed E-state index contributed by atoms with van der Waals surface area (Å²) in [5.74, 6) is -0.900. The number of ether oxygens (including phenoxy) is 3. The van der Waals surface area contributed by atoms with Crippen LogP contribution in [0.3, 0.4) is 0 Å². The predicted molar refractivity (Wildman–Crippen MR) is 135 cm³/mol. The Kier molecular flexibility index (Phi) is 7.56. The summed E-state index contributed by atoms with van der Waals surface area (Å²) in [6, 6.07) is 11.0. The quantitative estimate of drug-likeness (QED) is 0.357. The van der Waals surface area contributed by atoms with Crippen LogP contribution in [-0.4, -0.2) is 54.7 Å². The summed E-state index contributed by atoms with van der Waals surface area (Å²) in [7, 11) is 1.47. The number of aliphatic hydroxyl groups excluding tert-OH is 1. The van der Waals surface area contributed by atoms with E-state index in [1.807, 2.05) is 20.8 Å².